The number of carboxylic acids is 1. The zero-order chi connectivity index (χ0) is 40.0. The van der Waals surface area contributed by atoms with Gasteiger partial charge < -0.3 is 25.2 Å². The number of rotatable bonds is 40. The summed E-state index contributed by atoms with van der Waals surface area (Å²) in [6.07, 6.45) is 38.2. The van der Waals surface area contributed by atoms with E-state index in [-0.39, 0.29) is 19.4 Å². The predicted octanol–water partition coefficient (Wildman–Crippen LogP) is 10.8. The number of ether oxygens (including phenoxy) is 2. The molecule has 54 heavy (non-hydrogen) atoms. The number of aliphatic carboxylic acids is 1. The second kappa shape index (κ2) is 37.6. The number of phosphoric ester groups is 1. The van der Waals surface area contributed by atoms with Crippen LogP contribution in [-0.4, -0.2) is 59.9 Å². The zero-order valence-corrected chi connectivity index (χ0v) is 34.5. The van der Waals surface area contributed by atoms with E-state index in [1.165, 1.54) is 96.3 Å². The molecule has 0 fully saturated rings. The summed E-state index contributed by atoms with van der Waals surface area (Å²) in [6.45, 7) is 4.28. The Morgan fingerprint density at radius 3 is 1.61 bits per heavy atom. The average Bonchev–Trinajstić information content (AvgIpc) is 3.14. The van der Waals surface area contributed by atoms with Crippen LogP contribution in [0.2, 0.25) is 0 Å². The highest BCUT2D eigenvalue weighted by molar-refractivity contribution is 7.47. The second-order valence-electron chi connectivity index (χ2n) is 14.2. The minimum atomic E-state index is -4.72. The summed E-state index contributed by atoms with van der Waals surface area (Å²) in [6, 6.07) is -1.52. The summed E-state index contributed by atoms with van der Waals surface area (Å²) in [5.41, 5.74) is 5.32. The molecule has 4 N–H and O–H groups in total. The second-order valence-corrected chi connectivity index (χ2v) is 15.7. The van der Waals surface area contributed by atoms with Gasteiger partial charge in [0.2, 0.25) is 0 Å². The summed E-state index contributed by atoms with van der Waals surface area (Å²) < 4.78 is 32.6. The Morgan fingerprint density at radius 2 is 1.07 bits per heavy atom. The molecule has 314 valence electrons. The SMILES string of the molecule is C=CCCCCCCCCCCCCCCCC(=O)O[C@H](COC(=O)CCCC/C=C/C/C=C/CCCCCCCC)COP(=O)(O)OC[C@H](N)C(=O)O. The summed E-state index contributed by atoms with van der Waals surface area (Å²) in [5, 5.41) is 8.88. The van der Waals surface area contributed by atoms with Gasteiger partial charge in [-0.1, -0.05) is 140 Å². The van der Waals surface area contributed by atoms with Crippen LogP contribution in [0.1, 0.15) is 180 Å². The molecule has 0 radical (unpaired) electrons. The average molecular weight is 786 g/mol. The zero-order valence-electron chi connectivity index (χ0n) is 33.6. The Bertz CT molecular complexity index is 1050. The van der Waals surface area contributed by atoms with Crippen molar-refractivity contribution in [2.24, 2.45) is 5.73 Å². The first-order valence-electron chi connectivity index (χ1n) is 21.0. The van der Waals surface area contributed by atoms with Crippen molar-refractivity contribution in [1.82, 2.24) is 0 Å². The first-order valence-corrected chi connectivity index (χ1v) is 22.5. The molecule has 0 aromatic rings. The molecule has 0 aromatic carbocycles. The topological polar surface area (TPSA) is 172 Å². The first-order chi connectivity index (χ1) is 26.1. The number of unbranched alkanes of at least 4 members (excludes halogenated alkanes) is 21. The minimum Gasteiger partial charge on any atom is -0.480 e. The molecule has 0 saturated carbocycles. The molecule has 0 aromatic heterocycles. The molecular formula is C42H76NO10P. The molecule has 0 saturated heterocycles. The predicted molar refractivity (Wildman–Crippen MR) is 217 cm³/mol. The lowest BCUT2D eigenvalue weighted by Crippen LogP contribution is -2.34. The molecule has 0 heterocycles. The highest BCUT2D eigenvalue weighted by Crippen LogP contribution is 2.43. The maximum atomic E-state index is 12.6. The van der Waals surface area contributed by atoms with E-state index in [9.17, 15) is 23.8 Å². The van der Waals surface area contributed by atoms with Crippen LogP contribution in [0.15, 0.2) is 37.0 Å². The maximum absolute atomic E-state index is 12.6. The Balaban J connectivity index is 4.41. The number of carbonyl (C=O) groups is 3. The Labute approximate surface area is 327 Å². The fourth-order valence-electron chi connectivity index (χ4n) is 5.66. The molecule has 0 rings (SSSR count). The van der Waals surface area contributed by atoms with Crippen molar-refractivity contribution in [3.63, 3.8) is 0 Å². The standard InChI is InChI=1S/C42H76NO10P/c1-3-5-7-9-11-13-15-17-19-21-23-25-27-29-31-33-40(44)50-35-38(36-51-54(48,49)52-37-39(43)42(46)47)53-41(45)34-32-30-28-26-24-22-20-18-16-14-12-10-8-6-4-2/h4,17,19,23,25,38-39H,2-3,5-16,18,20-22,24,26-37,43H2,1H3,(H,46,47)(H,48,49)/b19-17+,25-23+/t38-,39+/m1/s1. The van der Waals surface area contributed by atoms with Crippen molar-refractivity contribution in [2.45, 2.75) is 192 Å². The summed E-state index contributed by atoms with van der Waals surface area (Å²) in [5.74, 6) is -2.42. The van der Waals surface area contributed by atoms with Gasteiger partial charge in [0.15, 0.2) is 6.10 Å². The van der Waals surface area contributed by atoms with Gasteiger partial charge in [0.05, 0.1) is 13.2 Å². The highest BCUT2D eigenvalue weighted by Gasteiger charge is 2.28. The molecule has 0 amide bonds. The Hall–Kier alpha value is -2.30. The molecule has 3 atom stereocenters. The summed E-state index contributed by atoms with van der Waals surface area (Å²) >= 11 is 0. The lowest BCUT2D eigenvalue weighted by molar-refractivity contribution is -0.161. The van der Waals surface area contributed by atoms with E-state index in [2.05, 4.69) is 42.3 Å². The monoisotopic (exact) mass is 786 g/mol. The smallest absolute Gasteiger partial charge is 0.472 e. The van der Waals surface area contributed by atoms with Crippen LogP contribution >= 0.6 is 7.82 Å². The number of phosphoric acid groups is 1. The third kappa shape index (κ3) is 36.7. The first kappa shape index (κ1) is 51.7. The fourth-order valence-corrected chi connectivity index (χ4v) is 6.44. The molecule has 1 unspecified atom stereocenters. The molecule has 0 bridgehead atoms. The summed E-state index contributed by atoms with van der Waals surface area (Å²) in [7, 11) is -4.72. The van der Waals surface area contributed by atoms with Crippen LogP contribution in [0.4, 0.5) is 0 Å². The molecule has 11 nitrogen and oxygen atoms in total. The van der Waals surface area contributed by atoms with Gasteiger partial charge in [-0.2, -0.15) is 0 Å². The van der Waals surface area contributed by atoms with E-state index in [0.717, 1.165) is 51.4 Å². The van der Waals surface area contributed by atoms with Gasteiger partial charge in [0.25, 0.3) is 0 Å². The maximum Gasteiger partial charge on any atom is 0.472 e. The number of hydrogen-bond donors (Lipinski definition) is 3. The van der Waals surface area contributed by atoms with Gasteiger partial charge in [-0.25, -0.2) is 4.57 Å². The van der Waals surface area contributed by atoms with Crippen LogP contribution in [0, 0.1) is 0 Å². The molecular weight excluding hydrogens is 709 g/mol. The molecule has 0 aliphatic carbocycles. The largest absolute Gasteiger partial charge is 0.480 e. The molecule has 0 aliphatic heterocycles. The van der Waals surface area contributed by atoms with Crippen LogP contribution in [0.3, 0.4) is 0 Å². The number of allylic oxidation sites excluding steroid dienone is 5. The van der Waals surface area contributed by atoms with Crippen LogP contribution in [0.5, 0.6) is 0 Å². The normalized spacial score (nSPS) is 13.9. The Morgan fingerprint density at radius 1 is 0.630 bits per heavy atom. The number of carbonyl (C=O) groups excluding carboxylic acids is 2. The van der Waals surface area contributed by atoms with Gasteiger partial charge >= 0.3 is 25.7 Å². The molecule has 0 aliphatic rings. The van der Waals surface area contributed by atoms with Gasteiger partial charge in [-0.3, -0.25) is 23.4 Å². The number of nitrogens with two attached hydrogens (primary N) is 1. The fraction of sp³-hybridized carbons (Fsp3) is 0.786. The number of esters is 2. The molecule has 0 spiro atoms. The van der Waals surface area contributed by atoms with Crippen molar-refractivity contribution in [1.29, 1.82) is 0 Å². The van der Waals surface area contributed by atoms with Crippen molar-refractivity contribution >= 4 is 25.7 Å². The van der Waals surface area contributed by atoms with Crippen LogP contribution < -0.4 is 5.73 Å². The minimum absolute atomic E-state index is 0.153. The Kier molecular flexibility index (Phi) is 36.0. The van der Waals surface area contributed by atoms with Crippen LogP contribution in [-0.2, 0) is 37.5 Å². The third-order valence-corrected chi connectivity index (χ3v) is 9.96. The van der Waals surface area contributed by atoms with Crippen molar-refractivity contribution in [3.05, 3.63) is 37.0 Å². The van der Waals surface area contributed by atoms with E-state index >= 15 is 0 Å². The lowest BCUT2D eigenvalue weighted by Gasteiger charge is -2.20. The third-order valence-electron chi connectivity index (χ3n) is 9.01. The summed E-state index contributed by atoms with van der Waals surface area (Å²) in [4.78, 5) is 45.9. The van der Waals surface area contributed by atoms with Gasteiger partial charge in [-0.05, 0) is 57.8 Å². The van der Waals surface area contributed by atoms with E-state index < -0.39 is 51.1 Å². The number of hydrogen-bond acceptors (Lipinski definition) is 9. The van der Waals surface area contributed by atoms with Crippen molar-refractivity contribution < 1.29 is 47.5 Å². The quantitative estimate of drug-likeness (QED) is 0.0234. The van der Waals surface area contributed by atoms with Gasteiger partial charge in [-0.15, -0.1) is 6.58 Å². The highest BCUT2D eigenvalue weighted by atomic mass is 31.2. The van der Waals surface area contributed by atoms with Crippen molar-refractivity contribution in [3.8, 4) is 0 Å². The lowest BCUT2D eigenvalue weighted by atomic mass is 10.0. The van der Waals surface area contributed by atoms with Gasteiger partial charge in [0.1, 0.15) is 12.6 Å². The van der Waals surface area contributed by atoms with Crippen molar-refractivity contribution in [2.75, 3.05) is 19.8 Å². The van der Waals surface area contributed by atoms with Gasteiger partial charge in [0, 0.05) is 12.8 Å². The number of carboxylic acid groups (broad SMARTS) is 1. The van der Waals surface area contributed by atoms with E-state index in [1.54, 1.807) is 0 Å². The van der Waals surface area contributed by atoms with Crippen LogP contribution in [0.25, 0.3) is 0 Å². The van der Waals surface area contributed by atoms with E-state index in [4.69, 9.17) is 24.8 Å². The molecule has 12 heteroatoms. The van der Waals surface area contributed by atoms with E-state index in [0.29, 0.717) is 12.8 Å². The van der Waals surface area contributed by atoms with E-state index in [1.807, 2.05) is 6.08 Å².